The summed E-state index contributed by atoms with van der Waals surface area (Å²) < 4.78 is 10.7. The summed E-state index contributed by atoms with van der Waals surface area (Å²) in [4.78, 5) is 28.8. The van der Waals surface area contributed by atoms with Crippen LogP contribution in [0.3, 0.4) is 0 Å². The summed E-state index contributed by atoms with van der Waals surface area (Å²) in [6.07, 6.45) is 0. The van der Waals surface area contributed by atoms with Gasteiger partial charge in [0.05, 0.1) is 16.6 Å². The lowest BCUT2D eigenvalue weighted by molar-refractivity contribution is -0.122. The number of aromatic nitrogens is 2. The van der Waals surface area contributed by atoms with Crippen molar-refractivity contribution in [3.63, 3.8) is 0 Å². The van der Waals surface area contributed by atoms with Crippen LogP contribution in [-0.2, 0) is 4.79 Å². The van der Waals surface area contributed by atoms with Gasteiger partial charge >= 0.3 is 0 Å². The van der Waals surface area contributed by atoms with Crippen LogP contribution in [0, 0.1) is 6.92 Å². The Hall–Kier alpha value is -3.42. The Morgan fingerprint density at radius 1 is 1.21 bits per heavy atom. The SMILES string of the molecule is CCNC(=O)COc1ccc(NC(=O)c2cc(C(C)C)nc3onc(C)c23)cc1. The van der Waals surface area contributed by atoms with Crippen molar-refractivity contribution in [3.8, 4) is 5.75 Å². The van der Waals surface area contributed by atoms with Crippen LogP contribution in [0.25, 0.3) is 11.1 Å². The number of rotatable bonds is 7. The van der Waals surface area contributed by atoms with Crippen LogP contribution in [0.5, 0.6) is 5.75 Å². The number of benzene rings is 1. The number of anilines is 1. The molecule has 8 heteroatoms. The second-order valence-corrected chi connectivity index (χ2v) is 6.92. The first-order valence-electron chi connectivity index (χ1n) is 9.46. The monoisotopic (exact) mass is 396 g/mol. The topological polar surface area (TPSA) is 106 Å². The summed E-state index contributed by atoms with van der Waals surface area (Å²) in [6, 6.07) is 8.60. The molecular weight excluding hydrogens is 372 g/mol. The van der Waals surface area contributed by atoms with E-state index < -0.39 is 0 Å². The second-order valence-electron chi connectivity index (χ2n) is 6.92. The molecule has 29 heavy (non-hydrogen) atoms. The fourth-order valence-electron chi connectivity index (χ4n) is 2.82. The number of pyridine rings is 1. The molecule has 3 rings (SSSR count). The highest BCUT2D eigenvalue weighted by Crippen LogP contribution is 2.26. The van der Waals surface area contributed by atoms with Crippen molar-refractivity contribution >= 4 is 28.6 Å². The minimum atomic E-state index is -0.276. The van der Waals surface area contributed by atoms with Gasteiger partial charge in [-0.3, -0.25) is 9.59 Å². The number of aryl methyl sites for hydroxylation is 1. The fourth-order valence-corrected chi connectivity index (χ4v) is 2.82. The second kappa shape index (κ2) is 8.72. The zero-order chi connectivity index (χ0) is 21.0. The number of nitrogens with one attached hydrogen (secondary N) is 2. The Balaban J connectivity index is 1.76. The molecule has 3 aromatic rings. The van der Waals surface area contributed by atoms with E-state index in [1.54, 1.807) is 37.3 Å². The molecule has 0 unspecified atom stereocenters. The van der Waals surface area contributed by atoms with E-state index in [0.717, 1.165) is 5.69 Å². The number of likely N-dealkylation sites (N-methyl/N-ethyl adjacent to an activating group) is 1. The van der Waals surface area contributed by atoms with Gasteiger partial charge in [-0.25, -0.2) is 4.98 Å². The molecule has 2 N–H and O–H groups in total. The normalized spacial score (nSPS) is 10.9. The first-order chi connectivity index (χ1) is 13.9. The third-order valence-electron chi connectivity index (χ3n) is 4.33. The standard InChI is InChI=1S/C21H24N4O4/c1-5-22-18(26)11-28-15-8-6-14(7-9-15)23-20(27)16-10-17(12(2)3)24-21-19(16)13(4)25-29-21/h6-10,12H,5,11H2,1-4H3,(H,22,26)(H,23,27). The van der Waals surface area contributed by atoms with Gasteiger partial charge in [0, 0.05) is 17.9 Å². The van der Waals surface area contributed by atoms with Gasteiger partial charge in [0.15, 0.2) is 6.61 Å². The Labute approximate surface area is 168 Å². The number of ether oxygens (including phenoxy) is 1. The van der Waals surface area contributed by atoms with Crippen molar-refractivity contribution in [3.05, 3.63) is 47.3 Å². The number of nitrogens with zero attached hydrogens (tertiary/aromatic N) is 2. The smallest absolute Gasteiger partial charge is 0.259 e. The summed E-state index contributed by atoms with van der Waals surface area (Å²) in [6.45, 7) is 8.12. The number of carbonyl (C=O) groups is 2. The summed E-state index contributed by atoms with van der Waals surface area (Å²) in [5.74, 6) is 0.216. The van der Waals surface area contributed by atoms with Crippen LogP contribution in [0.4, 0.5) is 5.69 Å². The van der Waals surface area contributed by atoms with Gasteiger partial charge in [-0.15, -0.1) is 0 Å². The predicted molar refractivity (Wildman–Crippen MR) is 109 cm³/mol. The Morgan fingerprint density at radius 2 is 1.93 bits per heavy atom. The third-order valence-corrected chi connectivity index (χ3v) is 4.33. The maximum absolute atomic E-state index is 12.9. The molecule has 0 atom stereocenters. The average Bonchev–Trinajstić information content (AvgIpc) is 3.08. The molecule has 1 aromatic carbocycles. The summed E-state index contributed by atoms with van der Waals surface area (Å²) in [7, 11) is 0. The van der Waals surface area contributed by atoms with E-state index in [9.17, 15) is 9.59 Å². The van der Waals surface area contributed by atoms with E-state index >= 15 is 0 Å². The van der Waals surface area contributed by atoms with E-state index in [4.69, 9.17) is 9.26 Å². The molecule has 0 radical (unpaired) electrons. The van der Waals surface area contributed by atoms with Gasteiger partial charge in [0.2, 0.25) is 0 Å². The lowest BCUT2D eigenvalue weighted by atomic mass is 10.0. The summed E-state index contributed by atoms with van der Waals surface area (Å²) in [5, 5.41) is 10.1. The Kier molecular flexibility index (Phi) is 6.11. The van der Waals surface area contributed by atoms with E-state index in [1.165, 1.54) is 0 Å². The quantitative estimate of drug-likeness (QED) is 0.634. The molecule has 8 nitrogen and oxygen atoms in total. The van der Waals surface area contributed by atoms with Crippen molar-refractivity contribution in [1.29, 1.82) is 0 Å². The van der Waals surface area contributed by atoms with Crippen LogP contribution in [0.1, 0.15) is 48.4 Å². The van der Waals surface area contributed by atoms with Gasteiger partial charge < -0.3 is 19.9 Å². The van der Waals surface area contributed by atoms with Crippen molar-refractivity contribution in [2.75, 3.05) is 18.5 Å². The molecule has 0 fully saturated rings. The first kappa shape index (κ1) is 20.3. The highest BCUT2D eigenvalue weighted by molar-refractivity contribution is 6.12. The van der Waals surface area contributed by atoms with E-state index in [0.29, 0.717) is 40.3 Å². The molecular formula is C21H24N4O4. The van der Waals surface area contributed by atoms with Crippen molar-refractivity contribution in [2.24, 2.45) is 0 Å². The van der Waals surface area contributed by atoms with Crippen LogP contribution in [0.15, 0.2) is 34.9 Å². The summed E-state index contributed by atoms with van der Waals surface area (Å²) >= 11 is 0. The number of fused-ring (bicyclic) bond motifs is 1. The molecule has 0 aliphatic heterocycles. The average molecular weight is 396 g/mol. The maximum atomic E-state index is 12.9. The third kappa shape index (κ3) is 4.71. The number of amides is 2. The van der Waals surface area contributed by atoms with Crippen LogP contribution in [-0.4, -0.2) is 35.1 Å². The molecule has 2 amide bonds. The molecule has 0 aliphatic carbocycles. The van der Waals surface area contributed by atoms with Crippen LogP contribution >= 0.6 is 0 Å². The van der Waals surface area contributed by atoms with E-state index in [-0.39, 0.29) is 24.3 Å². The molecule has 152 valence electrons. The summed E-state index contributed by atoms with van der Waals surface area (Å²) in [5.41, 5.74) is 2.79. The highest BCUT2D eigenvalue weighted by Gasteiger charge is 2.20. The van der Waals surface area contributed by atoms with Crippen molar-refractivity contribution in [1.82, 2.24) is 15.5 Å². The zero-order valence-electron chi connectivity index (χ0n) is 16.9. The molecule has 2 aromatic heterocycles. The molecule has 2 heterocycles. The number of hydrogen-bond donors (Lipinski definition) is 2. The fraction of sp³-hybridized carbons (Fsp3) is 0.333. The van der Waals surface area contributed by atoms with Gasteiger partial charge in [-0.1, -0.05) is 19.0 Å². The van der Waals surface area contributed by atoms with Gasteiger partial charge in [0.1, 0.15) is 5.75 Å². The first-order valence-corrected chi connectivity index (χ1v) is 9.46. The molecule has 0 aliphatic rings. The van der Waals surface area contributed by atoms with E-state index in [2.05, 4.69) is 20.8 Å². The molecule has 0 spiro atoms. The number of carbonyl (C=O) groups excluding carboxylic acids is 2. The van der Waals surface area contributed by atoms with Crippen molar-refractivity contribution < 1.29 is 18.8 Å². The van der Waals surface area contributed by atoms with Gasteiger partial charge in [0.25, 0.3) is 17.5 Å². The minimum absolute atomic E-state index is 0.0563. The van der Waals surface area contributed by atoms with E-state index in [1.807, 2.05) is 20.8 Å². The highest BCUT2D eigenvalue weighted by atomic mass is 16.5. The Morgan fingerprint density at radius 3 is 2.59 bits per heavy atom. The van der Waals surface area contributed by atoms with Crippen LogP contribution < -0.4 is 15.4 Å². The van der Waals surface area contributed by atoms with Gasteiger partial charge in [-0.05, 0) is 50.1 Å². The lowest BCUT2D eigenvalue weighted by Crippen LogP contribution is -2.28. The van der Waals surface area contributed by atoms with Gasteiger partial charge in [-0.2, -0.15) is 0 Å². The zero-order valence-corrected chi connectivity index (χ0v) is 16.9. The Bertz CT molecular complexity index is 1030. The largest absolute Gasteiger partial charge is 0.484 e. The lowest BCUT2D eigenvalue weighted by Gasteiger charge is -2.10. The maximum Gasteiger partial charge on any atom is 0.259 e. The van der Waals surface area contributed by atoms with Crippen LogP contribution in [0.2, 0.25) is 0 Å². The minimum Gasteiger partial charge on any atom is -0.484 e. The predicted octanol–water partition coefficient (Wildman–Crippen LogP) is 3.42. The van der Waals surface area contributed by atoms with Crippen molar-refractivity contribution in [2.45, 2.75) is 33.6 Å². The number of hydrogen-bond acceptors (Lipinski definition) is 6. The molecule has 0 saturated heterocycles. The molecule has 0 bridgehead atoms. The molecule has 0 saturated carbocycles.